The van der Waals surface area contributed by atoms with E-state index in [1.807, 2.05) is 0 Å². The fourth-order valence-corrected chi connectivity index (χ4v) is 2.76. The van der Waals surface area contributed by atoms with E-state index in [-0.39, 0.29) is 18.1 Å². The fraction of sp³-hybridized carbons (Fsp3) is 0.350. The number of benzene rings is 2. The number of methoxy groups -OCH3 is 3. The van der Waals surface area contributed by atoms with Crippen LogP contribution in [0.2, 0.25) is 0 Å². The summed E-state index contributed by atoms with van der Waals surface area (Å²) >= 11 is 0. The van der Waals surface area contributed by atoms with Crippen molar-refractivity contribution in [2.75, 3.05) is 21.3 Å². The number of nitrogens with one attached hydrogen (secondary N) is 1. The van der Waals surface area contributed by atoms with E-state index in [0.717, 1.165) is 0 Å². The zero-order valence-corrected chi connectivity index (χ0v) is 16.4. The summed E-state index contributed by atoms with van der Waals surface area (Å²) in [6.07, 6.45) is -4.70. The van der Waals surface area contributed by atoms with Crippen LogP contribution in [0.15, 0.2) is 36.4 Å². The van der Waals surface area contributed by atoms with Crippen molar-refractivity contribution in [2.45, 2.75) is 25.7 Å². The summed E-state index contributed by atoms with van der Waals surface area (Å²) in [6, 6.07) is 8.26. The van der Waals surface area contributed by atoms with Crippen LogP contribution in [-0.2, 0) is 11.2 Å². The Balaban J connectivity index is 2.05. The molecule has 1 unspecified atom stereocenters. The summed E-state index contributed by atoms with van der Waals surface area (Å²) in [5, 5.41) is 2.80. The van der Waals surface area contributed by atoms with Crippen LogP contribution in [0.4, 0.5) is 13.2 Å². The van der Waals surface area contributed by atoms with Gasteiger partial charge in [0, 0.05) is 0 Å². The van der Waals surface area contributed by atoms with Gasteiger partial charge < -0.3 is 24.3 Å². The number of halogens is 3. The molecule has 0 saturated heterocycles. The van der Waals surface area contributed by atoms with Gasteiger partial charge in [-0.1, -0.05) is 12.1 Å². The smallest absolute Gasteiger partial charge is 0.493 e. The molecule has 0 aliphatic heterocycles. The second-order valence-electron chi connectivity index (χ2n) is 6.12. The molecule has 2 rings (SSSR count). The molecule has 0 saturated carbocycles. The highest BCUT2D eigenvalue weighted by molar-refractivity contribution is 5.79. The molecule has 0 spiro atoms. The van der Waals surface area contributed by atoms with E-state index < -0.39 is 12.4 Å². The lowest BCUT2D eigenvalue weighted by Gasteiger charge is -2.17. The average molecular weight is 413 g/mol. The Hall–Kier alpha value is -3.10. The predicted molar refractivity (Wildman–Crippen MR) is 99.5 cm³/mol. The van der Waals surface area contributed by atoms with Crippen molar-refractivity contribution >= 4 is 5.91 Å². The summed E-state index contributed by atoms with van der Waals surface area (Å²) < 4.78 is 56.3. The van der Waals surface area contributed by atoms with Gasteiger partial charge in [-0.2, -0.15) is 0 Å². The van der Waals surface area contributed by atoms with Crippen LogP contribution in [0.3, 0.4) is 0 Å². The monoisotopic (exact) mass is 413 g/mol. The number of carbonyl (C=O) groups is 1. The van der Waals surface area contributed by atoms with Gasteiger partial charge in [-0.15, -0.1) is 13.2 Å². The Bertz CT molecular complexity index is 812. The lowest BCUT2D eigenvalue weighted by atomic mass is 10.1. The van der Waals surface area contributed by atoms with Crippen molar-refractivity contribution in [2.24, 2.45) is 0 Å². The molecule has 1 atom stereocenters. The van der Waals surface area contributed by atoms with Gasteiger partial charge in [0.25, 0.3) is 0 Å². The molecule has 0 fully saturated rings. The normalized spacial score (nSPS) is 12.1. The average Bonchev–Trinajstić information content (AvgIpc) is 2.66. The summed E-state index contributed by atoms with van der Waals surface area (Å²) in [4.78, 5) is 12.4. The summed E-state index contributed by atoms with van der Waals surface area (Å²) in [6.45, 7) is 1.73. The van der Waals surface area contributed by atoms with Crippen LogP contribution in [0.5, 0.6) is 23.0 Å². The zero-order chi connectivity index (χ0) is 21.6. The van der Waals surface area contributed by atoms with E-state index in [1.54, 1.807) is 19.1 Å². The van der Waals surface area contributed by atoms with E-state index >= 15 is 0 Å². The van der Waals surface area contributed by atoms with E-state index in [4.69, 9.17) is 14.2 Å². The van der Waals surface area contributed by atoms with Crippen molar-refractivity contribution in [3.8, 4) is 23.0 Å². The van der Waals surface area contributed by atoms with Crippen molar-refractivity contribution in [1.29, 1.82) is 0 Å². The zero-order valence-electron chi connectivity index (χ0n) is 16.4. The first-order valence-corrected chi connectivity index (χ1v) is 8.60. The highest BCUT2D eigenvalue weighted by Gasteiger charge is 2.31. The molecule has 0 aliphatic carbocycles. The molecule has 1 N–H and O–H groups in total. The van der Waals surface area contributed by atoms with Crippen molar-refractivity contribution in [3.63, 3.8) is 0 Å². The predicted octanol–water partition coefficient (Wildman–Crippen LogP) is 4.03. The van der Waals surface area contributed by atoms with Crippen molar-refractivity contribution in [3.05, 3.63) is 47.5 Å². The van der Waals surface area contributed by atoms with Crippen LogP contribution >= 0.6 is 0 Å². The van der Waals surface area contributed by atoms with Crippen molar-refractivity contribution in [1.82, 2.24) is 5.32 Å². The third kappa shape index (κ3) is 6.20. The molecule has 2 aromatic rings. The lowest BCUT2D eigenvalue weighted by Crippen LogP contribution is -2.28. The Morgan fingerprint density at radius 3 is 2.00 bits per heavy atom. The van der Waals surface area contributed by atoms with Crippen LogP contribution < -0.4 is 24.3 Å². The highest BCUT2D eigenvalue weighted by atomic mass is 19.4. The molecule has 0 aromatic heterocycles. The SMILES string of the molecule is COc1cc(CC(=O)NC(C)c2ccc(OC(F)(F)F)cc2)cc(OC)c1OC. The molecule has 0 bridgehead atoms. The first-order chi connectivity index (χ1) is 13.7. The number of hydrogen-bond donors (Lipinski definition) is 1. The van der Waals surface area contributed by atoms with E-state index in [0.29, 0.717) is 28.4 Å². The van der Waals surface area contributed by atoms with Gasteiger partial charge >= 0.3 is 6.36 Å². The minimum atomic E-state index is -4.75. The van der Waals surface area contributed by atoms with Crippen LogP contribution in [-0.4, -0.2) is 33.6 Å². The second-order valence-corrected chi connectivity index (χ2v) is 6.12. The molecule has 0 heterocycles. The molecule has 6 nitrogen and oxygen atoms in total. The maximum absolute atomic E-state index is 12.4. The van der Waals surface area contributed by atoms with Gasteiger partial charge in [-0.25, -0.2) is 0 Å². The van der Waals surface area contributed by atoms with Crippen LogP contribution in [0, 0.1) is 0 Å². The summed E-state index contributed by atoms with van der Waals surface area (Å²) in [7, 11) is 4.45. The molecule has 2 aromatic carbocycles. The summed E-state index contributed by atoms with van der Waals surface area (Å²) in [5.41, 5.74) is 1.29. The molecule has 0 radical (unpaired) electrons. The van der Waals surface area contributed by atoms with Gasteiger partial charge in [-0.3, -0.25) is 4.79 Å². The van der Waals surface area contributed by atoms with E-state index in [9.17, 15) is 18.0 Å². The molecule has 1 amide bonds. The minimum Gasteiger partial charge on any atom is -0.493 e. The second kappa shape index (κ2) is 9.40. The topological polar surface area (TPSA) is 66.0 Å². The van der Waals surface area contributed by atoms with Gasteiger partial charge in [0.05, 0.1) is 33.8 Å². The van der Waals surface area contributed by atoms with Crippen molar-refractivity contribution < 1.29 is 36.9 Å². The molecule has 29 heavy (non-hydrogen) atoms. The molecular formula is C20H22F3NO5. The number of alkyl halides is 3. The maximum atomic E-state index is 12.4. The first kappa shape index (κ1) is 22.2. The Labute approximate surface area is 166 Å². The van der Waals surface area contributed by atoms with Gasteiger partial charge in [-0.05, 0) is 42.3 Å². The third-order valence-corrected chi connectivity index (χ3v) is 4.08. The highest BCUT2D eigenvalue weighted by Crippen LogP contribution is 2.38. The van der Waals surface area contributed by atoms with Gasteiger partial charge in [0.15, 0.2) is 11.5 Å². The number of hydrogen-bond acceptors (Lipinski definition) is 5. The van der Waals surface area contributed by atoms with Gasteiger partial charge in [0.1, 0.15) is 5.75 Å². The third-order valence-electron chi connectivity index (χ3n) is 4.08. The van der Waals surface area contributed by atoms with Crippen LogP contribution in [0.25, 0.3) is 0 Å². The van der Waals surface area contributed by atoms with E-state index in [2.05, 4.69) is 10.1 Å². The standard InChI is InChI=1S/C20H22F3NO5/c1-12(14-5-7-15(8-6-14)29-20(21,22)23)24-18(25)11-13-9-16(26-2)19(28-4)17(10-13)27-3/h5-10,12H,11H2,1-4H3,(H,24,25). The number of amides is 1. The van der Waals surface area contributed by atoms with Crippen LogP contribution in [0.1, 0.15) is 24.1 Å². The summed E-state index contributed by atoms with van der Waals surface area (Å²) in [5.74, 6) is 0.694. The largest absolute Gasteiger partial charge is 0.573 e. The first-order valence-electron chi connectivity index (χ1n) is 8.60. The minimum absolute atomic E-state index is 0.0519. The number of rotatable bonds is 8. The Kier molecular flexibility index (Phi) is 7.19. The number of ether oxygens (including phenoxy) is 4. The fourth-order valence-electron chi connectivity index (χ4n) is 2.76. The maximum Gasteiger partial charge on any atom is 0.573 e. The molecular weight excluding hydrogens is 391 g/mol. The quantitative estimate of drug-likeness (QED) is 0.708. The number of carbonyl (C=O) groups excluding carboxylic acids is 1. The Morgan fingerprint density at radius 1 is 1.00 bits per heavy atom. The Morgan fingerprint density at radius 2 is 1.55 bits per heavy atom. The van der Waals surface area contributed by atoms with E-state index in [1.165, 1.54) is 45.6 Å². The lowest BCUT2D eigenvalue weighted by molar-refractivity contribution is -0.274. The van der Waals surface area contributed by atoms with Gasteiger partial charge in [0.2, 0.25) is 11.7 Å². The molecule has 0 aliphatic rings. The molecule has 158 valence electrons. The molecule has 9 heteroatoms.